The molecule has 6 N–H and O–H groups in total. The van der Waals surface area contributed by atoms with Crippen molar-refractivity contribution in [1.29, 1.82) is 0 Å². The van der Waals surface area contributed by atoms with Gasteiger partial charge in [-0.3, -0.25) is 0 Å². The van der Waals surface area contributed by atoms with Crippen LogP contribution in [0.4, 0.5) is 5.69 Å². The van der Waals surface area contributed by atoms with Gasteiger partial charge in [0.2, 0.25) is 0 Å². The number of aliphatic hydroxyl groups is 2. The number of nitrogens with two attached hydrogens (primary N) is 2. The van der Waals surface area contributed by atoms with Crippen molar-refractivity contribution in [3.63, 3.8) is 0 Å². The van der Waals surface area contributed by atoms with Gasteiger partial charge in [0.15, 0.2) is 5.65 Å². The number of anilines is 1. The average molecular weight is 501 g/mol. The highest BCUT2D eigenvalue weighted by molar-refractivity contribution is 5.92. The van der Waals surface area contributed by atoms with Gasteiger partial charge in [0.1, 0.15) is 36.9 Å². The Kier molecular flexibility index (Phi) is 8.60. The Morgan fingerprint density at radius 1 is 0.972 bits per heavy atom. The molecule has 4 rings (SSSR count). The summed E-state index contributed by atoms with van der Waals surface area (Å²) >= 11 is 0. The van der Waals surface area contributed by atoms with Gasteiger partial charge >= 0.3 is 0 Å². The fourth-order valence-electron chi connectivity index (χ4n) is 4.00. The van der Waals surface area contributed by atoms with Crippen LogP contribution in [0.15, 0.2) is 30.5 Å². The number of fused-ring (bicyclic) bond motifs is 1. The Hall–Kier alpha value is -2.96. The van der Waals surface area contributed by atoms with Crippen LogP contribution in [0.25, 0.3) is 22.3 Å². The molecule has 3 aromatic rings. The summed E-state index contributed by atoms with van der Waals surface area (Å²) in [5.41, 5.74) is 14.4. The number of pyridine rings is 1. The molecule has 1 saturated heterocycles. The van der Waals surface area contributed by atoms with Crippen molar-refractivity contribution in [2.75, 3.05) is 57.5 Å². The predicted molar refractivity (Wildman–Crippen MR) is 137 cm³/mol. The Morgan fingerprint density at radius 2 is 1.58 bits per heavy atom. The third-order valence-corrected chi connectivity index (χ3v) is 5.99. The van der Waals surface area contributed by atoms with Gasteiger partial charge < -0.3 is 40.8 Å². The van der Waals surface area contributed by atoms with E-state index in [-0.39, 0.29) is 32.3 Å². The Balaban J connectivity index is 1.79. The van der Waals surface area contributed by atoms with E-state index in [9.17, 15) is 10.2 Å². The molecular weight excluding hydrogens is 464 g/mol. The van der Waals surface area contributed by atoms with E-state index in [1.165, 1.54) is 0 Å². The zero-order valence-corrected chi connectivity index (χ0v) is 20.8. The van der Waals surface area contributed by atoms with E-state index in [4.69, 9.17) is 30.7 Å². The molecule has 11 nitrogen and oxygen atoms in total. The standard InChI is InChI=1S/C25H36N6O5/c1-16(2)31-25-22(13-28-31)24(30-3-5-34-6-4-30)10-23(29-25)17-7-20(35-14-18(32)11-26)9-21(8-17)36-15-19(33)12-27/h7-10,13,16,18-19,32-33H,3-6,11-12,14-15,26-27H2,1-2H3. The molecule has 0 spiro atoms. The summed E-state index contributed by atoms with van der Waals surface area (Å²) < 4.78 is 19.1. The maximum absolute atomic E-state index is 9.87. The van der Waals surface area contributed by atoms with E-state index in [0.717, 1.165) is 41.1 Å². The largest absolute Gasteiger partial charge is 0.491 e. The molecule has 0 aliphatic carbocycles. The summed E-state index contributed by atoms with van der Waals surface area (Å²) in [4.78, 5) is 7.27. The van der Waals surface area contributed by atoms with Crippen molar-refractivity contribution < 1.29 is 24.4 Å². The molecule has 2 unspecified atom stereocenters. The maximum Gasteiger partial charge on any atom is 0.160 e. The Labute approximate surface area is 210 Å². The zero-order chi connectivity index (χ0) is 25.7. The minimum Gasteiger partial charge on any atom is -0.491 e. The first-order valence-electron chi connectivity index (χ1n) is 12.3. The molecule has 0 radical (unpaired) electrons. The first-order valence-corrected chi connectivity index (χ1v) is 12.3. The topological polar surface area (TPSA) is 154 Å². The number of hydrogen-bond donors (Lipinski definition) is 4. The lowest BCUT2D eigenvalue weighted by molar-refractivity contribution is 0.110. The van der Waals surface area contributed by atoms with Crippen molar-refractivity contribution in [3.05, 3.63) is 30.5 Å². The number of nitrogens with zero attached hydrogens (tertiary/aromatic N) is 4. The fourth-order valence-corrected chi connectivity index (χ4v) is 4.00. The van der Waals surface area contributed by atoms with Crippen LogP contribution >= 0.6 is 0 Å². The van der Waals surface area contributed by atoms with Crippen molar-refractivity contribution in [1.82, 2.24) is 14.8 Å². The van der Waals surface area contributed by atoms with Gasteiger partial charge in [-0.15, -0.1) is 0 Å². The maximum atomic E-state index is 9.87. The number of rotatable bonds is 11. The van der Waals surface area contributed by atoms with E-state index in [0.29, 0.717) is 24.7 Å². The van der Waals surface area contributed by atoms with E-state index in [1.54, 1.807) is 6.07 Å². The molecule has 0 saturated carbocycles. The third-order valence-electron chi connectivity index (χ3n) is 5.99. The summed E-state index contributed by atoms with van der Waals surface area (Å²) in [6.07, 6.45) is 0.285. The monoisotopic (exact) mass is 500 g/mol. The van der Waals surface area contributed by atoms with Crippen LogP contribution in [0.3, 0.4) is 0 Å². The highest BCUT2D eigenvalue weighted by Crippen LogP contribution is 2.35. The summed E-state index contributed by atoms with van der Waals surface area (Å²) in [6, 6.07) is 7.58. The van der Waals surface area contributed by atoms with Crippen molar-refractivity contribution >= 4 is 16.7 Å². The van der Waals surface area contributed by atoms with E-state index in [2.05, 4.69) is 23.8 Å². The molecule has 1 aliphatic rings. The van der Waals surface area contributed by atoms with Crippen LogP contribution in [-0.4, -0.2) is 89.8 Å². The van der Waals surface area contributed by atoms with Gasteiger partial charge in [0.05, 0.1) is 36.2 Å². The van der Waals surface area contributed by atoms with Crippen LogP contribution in [0.1, 0.15) is 19.9 Å². The first kappa shape index (κ1) is 26.1. The zero-order valence-electron chi connectivity index (χ0n) is 20.8. The van der Waals surface area contributed by atoms with Crippen molar-refractivity contribution in [2.45, 2.75) is 32.1 Å². The summed E-state index contributed by atoms with van der Waals surface area (Å²) in [7, 11) is 0. The number of aromatic nitrogens is 3. The number of hydrogen-bond acceptors (Lipinski definition) is 10. The number of benzene rings is 1. The van der Waals surface area contributed by atoms with Crippen molar-refractivity contribution in [2.24, 2.45) is 11.5 Å². The lowest BCUT2D eigenvalue weighted by Crippen LogP contribution is -2.36. The second-order valence-corrected chi connectivity index (χ2v) is 9.14. The molecule has 0 bridgehead atoms. The van der Waals surface area contributed by atoms with Crippen LogP contribution in [-0.2, 0) is 4.74 Å². The molecule has 36 heavy (non-hydrogen) atoms. The van der Waals surface area contributed by atoms with Gasteiger partial charge in [-0.2, -0.15) is 5.10 Å². The molecule has 1 aromatic carbocycles. The normalized spacial score (nSPS) is 15.9. The van der Waals surface area contributed by atoms with Crippen LogP contribution < -0.4 is 25.8 Å². The molecule has 2 aromatic heterocycles. The summed E-state index contributed by atoms with van der Waals surface area (Å²) in [5, 5.41) is 25.3. The van der Waals surface area contributed by atoms with E-state index in [1.807, 2.05) is 29.1 Å². The SMILES string of the molecule is CC(C)n1ncc2c(N3CCOCC3)cc(-c3cc(OCC(O)CN)cc(OCC(O)CN)c3)nc21. The minimum atomic E-state index is -0.792. The molecule has 2 atom stereocenters. The predicted octanol–water partition coefficient (Wildman–Crippen LogP) is 0.913. The van der Waals surface area contributed by atoms with E-state index >= 15 is 0 Å². The highest BCUT2D eigenvalue weighted by atomic mass is 16.5. The molecule has 3 heterocycles. The number of ether oxygens (including phenoxy) is 3. The van der Waals surface area contributed by atoms with Gasteiger partial charge in [0.25, 0.3) is 0 Å². The fraction of sp³-hybridized carbons (Fsp3) is 0.520. The van der Waals surface area contributed by atoms with Gasteiger partial charge in [-0.1, -0.05) is 0 Å². The Morgan fingerprint density at radius 3 is 2.14 bits per heavy atom. The molecule has 0 amide bonds. The molecule has 1 fully saturated rings. The lowest BCUT2D eigenvalue weighted by Gasteiger charge is -2.29. The second kappa shape index (κ2) is 11.8. The highest BCUT2D eigenvalue weighted by Gasteiger charge is 2.21. The summed E-state index contributed by atoms with van der Waals surface area (Å²) in [6.45, 7) is 7.26. The molecular formula is C25H36N6O5. The van der Waals surface area contributed by atoms with E-state index < -0.39 is 12.2 Å². The summed E-state index contributed by atoms with van der Waals surface area (Å²) in [5.74, 6) is 0.980. The van der Waals surface area contributed by atoms with Gasteiger partial charge in [-0.05, 0) is 32.0 Å². The number of aliphatic hydroxyl groups excluding tert-OH is 2. The second-order valence-electron chi connectivity index (χ2n) is 9.14. The third kappa shape index (κ3) is 6.05. The molecule has 1 aliphatic heterocycles. The first-order chi connectivity index (χ1) is 17.4. The van der Waals surface area contributed by atoms with Crippen LogP contribution in [0.2, 0.25) is 0 Å². The van der Waals surface area contributed by atoms with Crippen molar-refractivity contribution in [3.8, 4) is 22.8 Å². The number of morpholine rings is 1. The molecule has 196 valence electrons. The van der Waals surface area contributed by atoms with Crippen LogP contribution in [0, 0.1) is 0 Å². The average Bonchev–Trinajstić information content (AvgIpc) is 3.34. The lowest BCUT2D eigenvalue weighted by atomic mass is 10.1. The van der Waals surface area contributed by atoms with Crippen LogP contribution in [0.5, 0.6) is 11.5 Å². The smallest absolute Gasteiger partial charge is 0.160 e. The van der Waals surface area contributed by atoms with Gasteiger partial charge in [0, 0.05) is 43.9 Å². The Bertz CT molecular complexity index is 1120. The quantitative estimate of drug-likeness (QED) is 0.299. The molecule has 11 heteroatoms. The minimum absolute atomic E-state index is 0.0381. The van der Waals surface area contributed by atoms with Gasteiger partial charge in [-0.25, -0.2) is 9.67 Å².